The lowest BCUT2D eigenvalue weighted by molar-refractivity contribution is 0.182. The van der Waals surface area contributed by atoms with Gasteiger partial charge >= 0.3 is 22.7 Å². The lowest BCUT2D eigenvalue weighted by atomic mass is 10.1. The van der Waals surface area contributed by atoms with Gasteiger partial charge in [0.25, 0.3) is 0 Å². The van der Waals surface area contributed by atoms with Crippen molar-refractivity contribution in [3.05, 3.63) is 130 Å². The molecule has 10 rings (SSSR count). The fraction of sp³-hybridized carbons (Fsp3) is 0.0526. The molecule has 0 N–H and O–H groups in total. The Labute approximate surface area is 300 Å². The number of phosphoric ester groups is 1. The number of aromatic nitrogens is 2. The number of amidine groups is 4. The number of benzene rings is 4. The summed E-state index contributed by atoms with van der Waals surface area (Å²) in [5.41, 5.74) is 4.17. The van der Waals surface area contributed by atoms with Crippen LogP contribution in [0.15, 0.2) is 127 Å². The van der Waals surface area contributed by atoms with Crippen LogP contribution in [0.4, 0.5) is 11.6 Å². The van der Waals surface area contributed by atoms with Gasteiger partial charge in [0, 0.05) is 43.8 Å². The van der Waals surface area contributed by atoms with Gasteiger partial charge in [-0.05, 0) is 0 Å². The van der Waals surface area contributed by atoms with Gasteiger partial charge in [0.15, 0.2) is 23.3 Å². The molecule has 2 aromatic heterocycles. The van der Waals surface area contributed by atoms with Crippen molar-refractivity contribution in [1.29, 1.82) is 0 Å². The summed E-state index contributed by atoms with van der Waals surface area (Å²) >= 11 is -3.58. The molecular formula is C38H22AlN8O4P. The molecule has 4 aromatic carbocycles. The Morgan fingerprint density at radius 2 is 0.923 bits per heavy atom. The normalized spacial score (nSPS) is 14.9. The molecule has 0 amide bonds. The largest absolute Gasteiger partial charge is 0.818 e. The molecule has 6 heterocycles. The van der Waals surface area contributed by atoms with Gasteiger partial charge in [0.1, 0.15) is 35.8 Å². The van der Waals surface area contributed by atoms with E-state index in [4.69, 9.17) is 55.4 Å². The fourth-order valence-corrected chi connectivity index (χ4v) is 11.5. The van der Waals surface area contributed by atoms with Gasteiger partial charge in [-0.2, -0.15) is 0 Å². The Kier molecular flexibility index (Phi) is 6.98. The summed E-state index contributed by atoms with van der Waals surface area (Å²) in [6.45, 7) is -0.720. The first-order valence-electron chi connectivity index (χ1n) is 16.2. The second kappa shape index (κ2) is 11.8. The molecule has 246 valence electrons. The second-order valence-corrected chi connectivity index (χ2v) is 16.0. The molecule has 4 aliphatic rings. The number of nitrogens with zero attached hydrogens (tertiary/aromatic N) is 8. The van der Waals surface area contributed by atoms with Crippen molar-refractivity contribution in [3.63, 3.8) is 0 Å². The van der Waals surface area contributed by atoms with Crippen LogP contribution in [0.5, 0.6) is 0 Å². The number of hydrogen-bond donors (Lipinski definition) is 0. The molecule has 14 heteroatoms. The molecule has 0 unspecified atom stereocenters. The minimum absolute atomic E-state index is 0.360. The molecule has 0 fully saturated rings. The monoisotopic (exact) mass is 712 g/mol. The highest BCUT2D eigenvalue weighted by molar-refractivity contribution is 7.49. The predicted molar refractivity (Wildman–Crippen MR) is 199 cm³/mol. The van der Waals surface area contributed by atoms with E-state index in [0.717, 1.165) is 43.8 Å². The maximum atomic E-state index is 14.7. The van der Waals surface area contributed by atoms with E-state index in [0.29, 0.717) is 46.0 Å². The average molecular weight is 713 g/mol. The van der Waals surface area contributed by atoms with Crippen LogP contribution in [-0.2, 0) is 17.2 Å². The van der Waals surface area contributed by atoms with Crippen LogP contribution in [0.2, 0.25) is 0 Å². The number of aliphatic imine (C=N–C) groups is 4. The van der Waals surface area contributed by atoms with Crippen LogP contribution in [0, 0.1) is 24.7 Å². The maximum Gasteiger partial charge on any atom is 0.818 e. The molecular weight excluding hydrogens is 690 g/mol. The maximum absolute atomic E-state index is 14.7. The van der Waals surface area contributed by atoms with E-state index in [1.54, 1.807) is 0 Å². The van der Waals surface area contributed by atoms with Gasteiger partial charge in [0.05, 0.1) is 0 Å². The van der Waals surface area contributed by atoms with Crippen molar-refractivity contribution in [3.8, 4) is 24.7 Å². The van der Waals surface area contributed by atoms with Crippen LogP contribution >= 0.6 is 7.82 Å². The Hall–Kier alpha value is -6.00. The number of phosphoric acid groups is 1. The van der Waals surface area contributed by atoms with Gasteiger partial charge in [0.2, 0.25) is 0 Å². The molecule has 6 aromatic rings. The fourth-order valence-electron chi connectivity index (χ4n) is 6.93. The highest BCUT2D eigenvalue weighted by Crippen LogP contribution is 2.51. The third-order valence-electron chi connectivity index (χ3n) is 9.10. The number of hydrogen-bond acceptors (Lipinski definition) is 10. The molecule has 0 spiro atoms. The van der Waals surface area contributed by atoms with Crippen molar-refractivity contribution in [1.82, 2.24) is 7.10 Å². The Balaban J connectivity index is 1.45. The summed E-state index contributed by atoms with van der Waals surface area (Å²) in [4.78, 5) is 31.0. The number of rotatable bonds is 6. The number of terminal acetylenes is 2. The molecule has 0 saturated carbocycles. The molecule has 4 aliphatic heterocycles. The van der Waals surface area contributed by atoms with Crippen LogP contribution in [0.3, 0.4) is 0 Å². The summed E-state index contributed by atoms with van der Waals surface area (Å²) in [5, 5.41) is 3.02. The molecule has 0 atom stereocenters. The van der Waals surface area contributed by atoms with Crippen molar-refractivity contribution in [2.75, 3.05) is 13.2 Å². The summed E-state index contributed by atoms with van der Waals surface area (Å²) in [6, 6.07) is 31.2. The van der Waals surface area contributed by atoms with E-state index in [1.807, 2.05) is 104 Å². The van der Waals surface area contributed by atoms with Crippen molar-refractivity contribution >= 4 is 79.3 Å². The lowest BCUT2D eigenvalue weighted by Gasteiger charge is -2.23. The predicted octanol–water partition coefficient (Wildman–Crippen LogP) is 5.35. The van der Waals surface area contributed by atoms with Gasteiger partial charge in [-0.1, -0.05) is 109 Å². The lowest BCUT2D eigenvalue weighted by Crippen LogP contribution is -2.48. The first-order chi connectivity index (χ1) is 25.5. The molecule has 52 heavy (non-hydrogen) atoms. The average Bonchev–Trinajstić information content (AvgIpc) is 3.89. The van der Waals surface area contributed by atoms with Crippen LogP contribution in [-0.4, -0.2) is 58.6 Å². The van der Waals surface area contributed by atoms with E-state index < -0.39 is 22.7 Å². The Morgan fingerprint density at radius 3 is 1.35 bits per heavy atom. The van der Waals surface area contributed by atoms with E-state index in [1.165, 1.54) is 0 Å². The minimum Gasteiger partial charge on any atom is -0.373 e. The number of fused-ring (bicyclic) bond motifs is 14. The highest BCUT2D eigenvalue weighted by atomic mass is 31.2. The van der Waals surface area contributed by atoms with Crippen molar-refractivity contribution < 1.29 is 17.2 Å². The summed E-state index contributed by atoms with van der Waals surface area (Å²) in [6.07, 6.45) is 11.1. The Bertz CT molecular complexity index is 2790. The standard InChI is InChI=1S/C32H16N8.C6H7O4P.Al/c1-2-10-18-17(9-1)25-33-26(18)38-28-21-13-5-6-14-22(21)30(35-28)40-32-24-16-8-7-15-23(24)31(36-32)39-29-20-12-4-3-11-19(20)27(34-29)37-25;1-3-5-9-11(7,8)10-6-4-2;/h1-16H;1-2H,5-6H2,(H,7,8);/q-2;;+3/p-1. The molecule has 0 aliphatic carbocycles. The topological polar surface area (TPSA) is 129 Å². The van der Waals surface area contributed by atoms with E-state index in [-0.39, 0.29) is 13.2 Å². The van der Waals surface area contributed by atoms with E-state index in [9.17, 15) is 4.57 Å². The van der Waals surface area contributed by atoms with Gasteiger partial charge in [-0.15, -0.1) is 12.8 Å². The quantitative estimate of drug-likeness (QED) is 0.131. The van der Waals surface area contributed by atoms with Crippen molar-refractivity contribution in [2.24, 2.45) is 30.0 Å². The minimum atomic E-state index is -4.48. The summed E-state index contributed by atoms with van der Waals surface area (Å²) in [7, 11) is -4.48. The highest BCUT2D eigenvalue weighted by Gasteiger charge is 2.48. The SMILES string of the molecule is C#CCOP(=O)(OCC#C)[O][Al]1[n]2c3c4ccccc4c2N=C2N=C(N=c4c5ccccc5c([n]41)=NC1=NC(=N3)c3ccccc31)c1ccccc12. The first-order valence-corrected chi connectivity index (χ1v) is 19.2. The van der Waals surface area contributed by atoms with Crippen LogP contribution in [0.25, 0.3) is 21.5 Å². The zero-order chi connectivity index (χ0) is 35.0. The third kappa shape index (κ3) is 4.60. The van der Waals surface area contributed by atoms with E-state index in [2.05, 4.69) is 11.8 Å². The van der Waals surface area contributed by atoms with Crippen LogP contribution < -0.4 is 11.0 Å². The molecule has 12 nitrogen and oxygen atoms in total. The second-order valence-electron chi connectivity index (χ2n) is 12.0. The zero-order valence-corrected chi connectivity index (χ0v) is 29.1. The summed E-state index contributed by atoms with van der Waals surface area (Å²) < 4.78 is 36.6. The summed E-state index contributed by atoms with van der Waals surface area (Å²) in [5.74, 6) is 7.48. The Morgan fingerprint density at radius 1 is 0.538 bits per heavy atom. The van der Waals surface area contributed by atoms with Gasteiger partial charge < -0.3 is 10.7 Å². The van der Waals surface area contributed by atoms with E-state index >= 15 is 0 Å². The molecule has 6 bridgehead atoms. The first kappa shape index (κ1) is 30.8. The molecule has 0 saturated heterocycles. The van der Waals surface area contributed by atoms with Crippen molar-refractivity contribution in [2.45, 2.75) is 0 Å². The van der Waals surface area contributed by atoms with Crippen LogP contribution in [0.1, 0.15) is 22.3 Å². The van der Waals surface area contributed by atoms with Gasteiger partial charge in [-0.3, -0.25) is 9.05 Å². The third-order valence-corrected chi connectivity index (χ3v) is 13.6. The zero-order valence-electron chi connectivity index (χ0n) is 27.0. The smallest absolute Gasteiger partial charge is 0.373 e. The molecule has 0 radical (unpaired) electrons. The van der Waals surface area contributed by atoms with Gasteiger partial charge in [-0.25, -0.2) is 34.5 Å².